The molecule has 3 nitrogen and oxygen atoms in total. The Labute approximate surface area is 98.4 Å². The molecule has 2 atom stereocenters. The fourth-order valence-electron chi connectivity index (χ4n) is 2.10. The zero-order valence-electron chi connectivity index (χ0n) is 10.1. The molecule has 1 amide bonds. The van der Waals surface area contributed by atoms with Gasteiger partial charge >= 0.3 is 0 Å². The van der Waals surface area contributed by atoms with Crippen molar-refractivity contribution < 1.29 is 4.79 Å². The number of terminal acetylenes is 1. The van der Waals surface area contributed by atoms with Crippen LogP contribution in [0.5, 0.6) is 0 Å². The third-order valence-electron chi connectivity index (χ3n) is 2.99. The van der Waals surface area contributed by atoms with Gasteiger partial charge in [-0.15, -0.1) is 6.42 Å². The molecule has 1 saturated heterocycles. The minimum absolute atomic E-state index is 0.0888. The monoisotopic (exact) mass is 222 g/mol. The van der Waals surface area contributed by atoms with E-state index < -0.39 is 0 Å². The third-order valence-corrected chi connectivity index (χ3v) is 2.99. The average Bonchev–Trinajstić information content (AvgIpc) is 2.29. The van der Waals surface area contributed by atoms with E-state index in [0.29, 0.717) is 12.3 Å². The summed E-state index contributed by atoms with van der Waals surface area (Å²) in [5, 5.41) is 6.22. The van der Waals surface area contributed by atoms with Crippen molar-refractivity contribution in [3.05, 3.63) is 0 Å². The van der Waals surface area contributed by atoms with Gasteiger partial charge in [0.2, 0.25) is 5.91 Å². The van der Waals surface area contributed by atoms with Gasteiger partial charge in [0.15, 0.2) is 0 Å². The molecule has 2 unspecified atom stereocenters. The normalized spacial score (nSPS) is 22.1. The average molecular weight is 222 g/mol. The SMILES string of the molecule is C#CC(CCC)NC(=O)CC1CCCNC1. The topological polar surface area (TPSA) is 41.1 Å². The highest BCUT2D eigenvalue weighted by Crippen LogP contribution is 2.13. The maximum atomic E-state index is 11.7. The molecule has 0 spiro atoms. The smallest absolute Gasteiger partial charge is 0.221 e. The van der Waals surface area contributed by atoms with Gasteiger partial charge in [-0.05, 0) is 38.3 Å². The van der Waals surface area contributed by atoms with E-state index in [1.165, 1.54) is 6.42 Å². The van der Waals surface area contributed by atoms with Crippen LogP contribution in [0.25, 0.3) is 0 Å². The highest BCUT2D eigenvalue weighted by Gasteiger charge is 2.17. The second-order valence-electron chi connectivity index (χ2n) is 4.49. The molecule has 1 fully saturated rings. The van der Waals surface area contributed by atoms with E-state index in [-0.39, 0.29) is 11.9 Å². The fraction of sp³-hybridized carbons (Fsp3) is 0.769. The van der Waals surface area contributed by atoms with Gasteiger partial charge < -0.3 is 10.6 Å². The molecule has 1 rings (SSSR count). The Kier molecular flexibility index (Phi) is 5.95. The van der Waals surface area contributed by atoms with E-state index in [1.807, 2.05) is 0 Å². The highest BCUT2D eigenvalue weighted by molar-refractivity contribution is 5.76. The first kappa shape index (κ1) is 13.1. The van der Waals surface area contributed by atoms with E-state index in [9.17, 15) is 4.79 Å². The maximum Gasteiger partial charge on any atom is 0.221 e. The predicted molar refractivity (Wildman–Crippen MR) is 65.9 cm³/mol. The molecule has 1 aliphatic rings. The van der Waals surface area contributed by atoms with Crippen molar-refractivity contribution in [1.29, 1.82) is 0 Å². The Balaban J connectivity index is 2.26. The van der Waals surface area contributed by atoms with Crippen LogP contribution in [-0.2, 0) is 4.79 Å². The van der Waals surface area contributed by atoms with Gasteiger partial charge in [0, 0.05) is 6.42 Å². The van der Waals surface area contributed by atoms with Crippen LogP contribution < -0.4 is 10.6 Å². The molecule has 2 N–H and O–H groups in total. The summed E-state index contributed by atoms with van der Waals surface area (Å²) in [7, 11) is 0. The number of hydrogen-bond donors (Lipinski definition) is 2. The first-order valence-electron chi connectivity index (χ1n) is 6.22. The molecule has 0 saturated carbocycles. The summed E-state index contributed by atoms with van der Waals surface area (Å²) in [5.41, 5.74) is 0. The largest absolute Gasteiger partial charge is 0.342 e. The van der Waals surface area contributed by atoms with E-state index in [0.717, 1.165) is 32.4 Å². The van der Waals surface area contributed by atoms with Crippen molar-refractivity contribution in [1.82, 2.24) is 10.6 Å². The second kappa shape index (κ2) is 7.29. The van der Waals surface area contributed by atoms with E-state index >= 15 is 0 Å². The predicted octanol–water partition coefficient (Wildman–Crippen LogP) is 1.29. The van der Waals surface area contributed by atoms with Crippen molar-refractivity contribution in [2.24, 2.45) is 5.92 Å². The lowest BCUT2D eigenvalue weighted by atomic mass is 9.96. The van der Waals surface area contributed by atoms with Crippen LogP contribution in [0, 0.1) is 18.3 Å². The summed E-state index contributed by atoms with van der Waals surface area (Å²) in [6.45, 7) is 4.12. The van der Waals surface area contributed by atoms with Crippen LogP contribution >= 0.6 is 0 Å². The van der Waals surface area contributed by atoms with Crippen LogP contribution in [-0.4, -0.2) is 25.0 Å². The number of piperidine rings is 1. The molecule has 1 aliphatic heterocycles. The van der Waals surface area contributed by atoms with Gasteiger partial charge in [-0.1, -0.05) is 19.3 Å². The van der Waals surface area contributed by atoms with Crippen molar-refractivity contribution in [2.45, 2.75) is 45.1 Å². The molecule has 0 aromatic carbocycles. The van der Waals surface area contributed by atoms with E-state index in [1.54, 1.807) is 0 Å². The van der Waals surface area contributed by atoms with Crippen LogP contribution in [0.15, 0.2) is 0 Å². The molecule has 0 aromatic rings. The molecule has 1 heterocycles. The molecule has 0 bridgehead atoms. The quantitative estimate of drug-likeness (QED) is 0.688. The lowest BCUT2D eigenvalue weighted by molar-refractivity contribution is -0.122. The van der Waals surface area contributed by atoms with Crippen LogP contribution in [0.3, 0.4) is 0 Å². The van der Waals surface area contributed by atoms with Gasteiger partial charge in [0.05, 0.1) is 6.04 Å². The van der Waals surface area contributed by atoms with E-state index in [2.05, 4.69) is 23.5 Å². The van der Waals surface area contributed by atoms with Gasteiger partial charge in [0.25, 0.3) is 0 Å². The summed E-state index contributed by atoms with van der Waals surface area (Å²) in [6, 6.07) is -0.0888. The fourth-order valence-corrected chi connectivity index (χ4v) is 2.10. The van der Waals surface area contributed by atoms with Crippen molar-refractivity contribution in [3.8, 4) is 12.3 Å². The summed E-state index contributed by atoms with van der Waals surface area (Å²) in [6.07, 6.45) is 10.2. The van der Waals surface area contributed by atoms with Crippen molar-refractivity contribution in [2.75, 3.05) is 13.1 Å². The van der Waals surface area contributed by atoms with E-state index in [4.69, 9.17) is 6.42 Å². The minimum atomic E-state index is -0.0888. The molecule has 90 valence electrons. The van der Waals surface area contributed by atoms with Crippen molar-refractivity contribution >= 4 is 5.91 Å². The Bertz CT molecular complexity index is 251. The zero-order chi connectivity index (χ0) is 11.8. The molecule has 0 radical (unpaired) electrons. The highest BCUT2D eigenvalue weighted by atomic mass is 16.1. The third kappa shape index (κ3) is 4.67. The zero-order valence-corrected chi connectivity index (χ0v) is 10.1. The number of carbonyl (C=O) groups excluding carboxylic acids is 1. The van der Waals surface area contributed by atoms with Crippen molar-refractivity contribution in [3.63, 3.8) is 0 Å². The Morgan fingerprint density at radius 3 is 3.06 bits per heavy atom. The molecule has 0 aliphatic carbocycles. The minimum Gasteiger partial charge on any atom is -0.342 e. The first-order valence-corrected chi connectivity index (χ1v) is 6.22. The van der Waals surface area contributed by atoms with Gasteiger partial charge in [0.1, 0.15) is 0 Å². The summed E-state index contributed by atoms with van der Waals surface area (Å²) >= 11 is 0. The van der Waals surface area contributed by atoms with Crippen LogP contribution in [0.1, 0.15) is 39.0 Å². The summed E-state index contributed by atoms with van der Waals surface area (Å²) in [4.78, 5) is 11.7. The van der Waals surface area contributed by atoms with Gasteiger partial charge in [-0.3, -0.25) is 4.79 Å². The summed E-state index contributed by atoms with van der Waals surface area (Å²) in [5.74, 6) is 3.21. The number of nitrogens with one attached hydrogen (secondary N) is 2. The second-order valence-corrected chi connectivity index (χ2v) is 4.49. The number of amides is 1. The first-order chi connectivity index (χ1) is 7.76. The molecule has 0 aromatic heterocycles. The Hall–Kier alpha value is -1.01. The van der Waals surface area contributed by atoms with Crippen LogP contribution in [0.2, 0.25) is 0 Å². The number of hydrogen-bond acceptors (Lipinski definition) is 2. The standard InChI is InChI=1S/C13H22N2O/c1-3-6-12(4-2)15-13(16)9-11-7-5-8-14-10-11/h2,11-12,14H,3,5-10H2,1H3,(H,15,16). The van der Waals surface area contributed by atoms with Gasteiger partial charge in [-0.25, -0.2) is 0 Å². The maximum absolute atomic E-state index is 11.7. The molecule has 3 heteroatoms. The lowest BCUT2D eigenvalue weighted by Crippen LogP contribution is -2.38. The summed E-state index contributed by atoms with van der Waals surface area (Å²) < 4.78 is 0. The molecule has 16 heavy (non-hydrogen) atoms. The number of carbonyl (C=O) groups is 1. The molecular weight excluding hydrogens is 200 g/mol. The lowest BCUT2D eigenvalue weighted by Gasteiger charge is -2.22. The molecular formula is C13H22N2O. The Morgan fingerprint density at radius 1 is 1.69 bits per heavy atom. The van der Waals surface area contributed by atoms with Crippen LogP contribution in [0.4, 0.5) is 0 Å². The Morgan fingerprint density at radius 2 is 2.50 bits per heavy atom. The number of rotatable bonds is 5. The van der Waals surface area contributed by atoms with Gasteiger partial charge in [-0.2, -0.15) is 0 Å².